The third-order valence-corrected chi connectivity index (χ3v) is 5.02. The van der Waals surface area contributed by atoms with E-state index in [0.717, 1.165) is 12.3 Å². The van der Waals surface area contributed by atoms with Gasteiger partial charge in [0.2, 0.25) is 0 Å². The van der Waals surface area contributed by atoms with Crippen LogP contribution in [0, 0.1) is 0 Å². The Bertz CT molecular complexity index is 584. The summed E-state index contributed by atoms with van der Waals surface area (Å²) in [5.74, 6) is 0.910. The van der Waals surface area contributed by atoms with Gasteiger partial charge in [-0.05, 0) is 60.7 Å². The first-order valence-electron chi connectivity index (χ1n) is 7.48. The average molecular weight is 303 g/mol. The smallest absolute Gasteiger partial charge is 0.119 e. The fourth-order valence-corrected chi connectivity index (χ4v) is 2.73. The summed E-state index contributed by atoms with van der Waals surface area (Å²) in [4.78, 5) is 0. The van der Waals surface area contributed by atoms with E-state index in [-0.39, 0.29) is 0 Å². The first kappa shape index (κ1) is 16.2. The van der Waals surface area contributed by atoms with Crippen molar-refractivity contribution in [2.75, 3.05) is 19.9 Å². The predicted octanol–water partition coefficient (Wildman–Crippen LogP) is 4.64. The summed E-state index contributed by atoms with van der Waals surface area (Å²) in [5, 5.41) is 6.82. The van der Waals surface area contributed by atoms with Gasteiger partial charge >= 0.3 is 0 Å². The van der Waals surface area contributed by atoms with Crippen molar-refractivity contribution in [2.45, 2.75) is 31.6 Å². The molecule has 21 heavy (non-hydrogen) atoms. The standard InChI is InChI=1S/C18H25NOS/c1-13(21-4)9-10-19-14(2)15-5-6-17-12-18(20-3)8-7-16(17)11-15/h5-8,11-14,19H,9-10H2,1-4H3. The van der Waals surface area contributed by atoms with E-state index in [1.807, 2.05) is 17.8 Å². The molecule has 3 heteroatoms. The molecule has 0 aliphatic rings. The Kier molecular flexibility index (Phi) is 5.95. The maximum absolute atomic E-state index is 5.27. The number of methoxy groups -OCH3 is 1. The van der Waals surface area contributed by atoms with E-state index in [1.54, 1.807) is 7.11 Å². The Morgan fingerprint density at radius 2 is 1.81 bits per heavy atom. The molecule has 2 unspecified atom stereocenters. The molecule has 0 saturated carbocycles. The monoisotopic (exact) mass is 303 g/mol. The number of ether oxygens (including phenoxy) is 1. The van der Waals surface area contributed by atoms with Gasteiger partial charge in [0.1, 0.15) is 5.75 Å². The van der Waals surface area contributed by atoms with Gasteiger partial charge in [-0.1, -0.05) is 25.1 Å². The van der Waals surface area contributed by atoms with Gasteiger partial charge in [0, 0.05) is 11.3 Å². The van der Waals surface area contributed by atoms with Crippen LogP contribution in [0.25, 0.3) is 10.8 Å². The maximum Gasteiger partial charge on any atom is 0.119 e. The van der Waals surface area contributed by atoms with E-state index in [0.29, 0.717) is 11.3 Å². The molecule has 0 amide bonds. The fraction of sp³-hybridized carbons (Fsp3) is 0.444. The highest BCUT2D eigenvalue weighted by atomic mass is 32.2. The minimum atomic E-state index is 0.380. The second-order valence-corrected chi connectivity index (χ2v) is 6.76. The van der Waals surface area contributed by atoms with Crippen LogP contribution in [0.4, 0.5) is 0 Å². The second kappa shape index (κ2) is 7.71. The summed E-state index contributed by atoms with van der Waals surface area (Å²) in [6, 6.07) is 13.3. The summed E-state index contributed by atoms with van der Waals surface area (Å²) >= 11 is 1.93. The van der Waals surface area contributed by atoms with Gasteiger partial charge in [-0.2, -0.15) is 11.8 Å². The first-order valence-corrected chi connectivity index (χ1v) is 8.76. The topological polar surface area (TPSA) is 21.3 Å². The lowest BCUT2D eigenvalue weighted by Gasteiger charge is -2.16. The molecule has 0 radical (unpaired) electrons. The molecule has 2 rings (SSSR count). The number of thioether (sulfide) groups is 1. The minimum Gasteiger partial charge on any atom is -0.497 e. The van der Waals surface area contributed by atoms with E-state index < -0.39 is 0 Å². The van der Waals surface area contributed by atoms with Crippen molar-refractivity contribution in [1.82, 2.24) is 5.32 Å². The quantitative estimate of drug-likeness (QED) is 0.805. The Balaban J connectivity index is 2.04. The van der Waals surface area contributed by atoms with Gasteiger partial charge in [0.15, 0.2) is 0 Å². The lowest BCUT2D eigenvalue weighted by atomic mass is 10.0. The molecule has 2 aromatic carbocycles. The number of hydrogen-bond donors (Lipinski definition) is 1. The molecule has 0 aromatic heterocycles. The van der Waals surface area contributed by atoms with E-state index >= 15 is 0 Å². The molecule has 0 bridgehead atoms. The SMILES string of the molecule is COc1ccc2cc(C(C)NCCC(C)SC)ccc2c1. The Morgan fingerprint density at radius 1 is 1.10 bits per heavy atom. The zero-order valence-corrected chi connectivity index (χ0v) is 14.2. The highest BCUT2D eigenvalue weighted by Gasteiger charge is 2.07. The third-order valence-electron chi connectivity index (χ3n) is 3.98. The van der Waals surface area contributed by atoms with Crippen molar-refractivity contribution in [3.8, 4) is 5.75 Å². The summed E-state index contributed by atoms with van der Waals surface area (Å²) in [6.45, 7) is 5.57. The van der Waals surface area contributed by atoms with Gasteiger partial charge in [-0.25, -0.2) is 0 Å². The zero-order chi connectivity index (χ0) is 15.2. The Labute approximate surface area is 132 Å². The second-order valence-electron chi connectivity index (χ2n) is 5.48. The number of benzene rings is 2. The molecule has 2 aromatic rings. The molecule has 0 aliphatic heterocycles. The van der Waals surface area contributed by atoms with Crippen LogP contribution in [0.15, 0.2) is 36.4 Å². The lowest BCUT2D eigenvalue weighted by Crippen LogP contribution is -2.21. The lowest BCUT2D eigenvalue weighted by molar-refractivity contribution is 0.415. The van der Waals surface area contributed by atoms with E-state index in [1.165, 1.54) is 22.8 Å². The van der Waals surface area contributed by atoms with E-state index in [4.69, 9.17) is 4.74 Å². The molecule has 0 fully saturated rings. The first-order chi connectivity index (χ1) is 10.1. The molecule has 2 atom stereocenters. The zero-order valence-electron chi connectivity index (χ0n) is 13.3. The van der Waals surface area contributed by atoms with Crippen molar-refractivity contribution < 1.29 is 4.74 Å². The molecule has 2 nitrogen and oxygen atoms in total. The number of fused-ring (bicyclic) bond motifs is 1. The third kappa shape index (κ3) is 4.39. The molecule has 0 saturated heterocycles. The highest BCUT2D eigenvalue weighted by Crippen LogP contribution is 2.24. The van der Waals surface area contributed by atoms with Crippen LogP contribution in [-0.4, -0.2) is 25.2 Å². The van der Waals surface area contributed by atoms with Crippen LogP contribution in [0.2, 0.25) is 0 Å². The van der Waals surface area contributed by atoms with E-state index in [2.05, 4.69) is 55.8 Å². The number of hydrogen-bond acceptors (Lipinski definition) is 3. The van der Waals surface area contributed by atoms with Crippen molar-refractivity contribution in [1.29, 1.82) is 0 Å². The van der Waals surface area contributed by atoms with Gasteiger partial charge in [-0.15, -0.1) is 0 Å². The van der Waals surface area contributed by atoms with E-state index in [9.17, 15) is 0 Å². The van der Waals surface area contributed by atoms with Gasteiger partial charge in [0.05, 0.1) is 7.11 Å². The van der Waals surface area contributed by atoms with Crippen molar-refractivity contribution >= 4 is 22.5 Å². The van der Waals surface area contributed by atoms with Gasteiger partial charge < -0.3 is 10.1 Å². The summed E-state index contributed by atoms with van der Waals surface area (Å²) in [5.41, 5.74) is 1.34. The maximum atomic E-state index is 5.27. The molecule has 114 valence electrons. The minimum absolute atomic E-state index is 0.380. The van der Waals surface area contributed by atoms with Gasteiger partial charge in [-0.3, -0.25) is 0 Å². The largest absolute Gasteiger partial charge is 0.497 e. The summed E-state index contributed by atoms with van der Waals surface area (Å²) in [6.07, 6.45) is 3.38. The van der Waals surface area contributed by atoms with Crippen LogP contribution < -0.4 is 10.1 Å². The van der Waals surface area contributed by atoms with Crippen LogP contribution in [0.5, 0.6) is 5.75 Å². The Morgan fingerprint density at radius 3 is 2.52 bits per heavy atom. The predicted molar refractivity (Wildman–Crippen MR) is 94.5 cm³/mol. The number of nitrogens with one attached hydrogen (secondary N) is 1. The fourth-order valence-electron chi connectivity index (χ4n) is 2.38. The van der Waals surface area contributed by atoms with Crippen LogP contribution in [0.1, 0.15) is 31.9 Å². The van der Waals surface area contributed by atoms with Crippen LogP contribution in [-0.2, 0) is 0 Å². The molecule has 1 N–H and O–H groups in total. The van der Waals surface area contributed by atoms with Gasteiger partial charge in [0.25, 0.3) is 0 Å². The summed E-state index contributed by atoms with van der Waals surface area (Å²) < 4.78 is 5.27. The average Bonchev–Trinajstić information content (AvgIpc) is 2.53. The molecule has 0 heterocycles. The van der Waals surface area contributed by atoms with Crippen LogP contribution >= 0.6 is 11.8 Å². The highest BCUT2D eigenvalue weighted by molar-refractivity contribution is 7.99. The normalized spacial score (nSPS) is 14.1. The summed E-state index contributed by atoms with van der Waals surface area (Å²) in [7, 11) is 1.71. The molecular formula is C18H25NOS. The van der Waals surface area contributed by atoms with Crippen molar-refractivity contribution in [2.24, 2.45) is 0 Å². The Hall–Kier alpha value is -1.19. The van der Waals surface area contributed by atoms with Crippen molar-refractivity contribution in [3.05, 3.63) is 42.0 Å². The van der Waals surface area contributed by atoms with Crippen LogP contribution in [0.3, 0.4) is 0 Å². The molecule has 0 spiro atoms. The molecular weight excluding hydrogens is 278 g/mol. The molecule has 0 aliphatic carbocycles. The van der Waals surface area contributed by atoms with Crippen molar-refractivity contribution in [3.63, 3.8) is 0 Å². The number of rotatable bonds is 7.